The molecule has 1 aromatic carbocycles. The van der Waals surface area contributed by atoms with Crippen LogP contribution in [0.2, 0.25) is 0 Å². The summed E-state index contributed by atoms with van der Waals surface area (Å²) in [6.07, 6.45) is 0.461. The fourth-order valence-corrected chi connectivity index (χ4v) is 1.87. The first-order valence-corrected chi connectivity index (χ1v) is 5.03. The van der Waals surface area contributed by atoms with Gasteiger partial charge in [0.1, 0.15) is 0 Å². The van der Waals surface area contributed by atoms with E-state index in [1.165, 1.54) is 0 Å². The van der Waals surface area contributed by atoms with Gasteiger partial charge in [-0.25, -0.2) is 0 Å². The lowest BCUT2D eigenvalue weighted by Gasteiger charge is -2.16. The molecule has 1 saturated heterocycles. The monoisotopic (exact) mass is 205 g/mol. The Hall–Kier alpha value is -1.55. The Morgan fingerprint density at radius 1 is 1.47 bits per heavy atom. The maximum atomic E-state index is 11.5. The van der Waals surface area contributed by atoms with Crippen LogP contribution in [-0.4, -0.2) is 23.4 Å². The Kier molecular flexibility index (Phi) is 2.60. The normalized spacial score (nSPS) is 21.0. The van der Waals surface area contributed by atoms with E-state index in [0.29, 0.717) is 19.5 Å². The summed E-state index contributed by atoms with van der Waals surface area (Å²) in [5, 5.41) is 0. The van der Waals surface area contributed by atoms with E-state index in [9.17, 15) is 4.79 Å². The van der Waals surface area contributed by atoms with Crippen molar-refractivity contribution in [3.05, 3.63) is 29.8 Å². The largest absolute Gasteiger partial charge is 0.399 e. The smallest absolute Gasteiger partial charge is 0.224 e. The highest BCUT2D eigenvalue weighted by molar-refractivity contribution is 5.79. The van der Waals surface area contributed by atoms with E-state index in [1.54, 1.807) is 4.90 Å². The van der Waals surface area contributed by atoms with Gasteiger partial charge in [0.05, 0.1) is 0 Å². The molecule has 0 aromatic heterocycles. The molecule has 1 unspecified atom stereocenters. The van der Waals surface area contributed by atoms with Gasteiger partial charge >= 0.3 is 0 Å². The summed E-state index contributed by atoms with van der Waals surface area (Å²) in [4.78, 5) is 13.3. The van der Waals surface area contributed by atoms with E-state index in [4.69, 9.17) is 11.5 Å². The molecule has 0 radical (unpaired) electrons. The highest BCUT2D eigenvalue weighted by atomic mass is 16.2. The molecule has 1 aliphatic rings. The summed E-state index contributed by atoms with van der Waals surface area (Å²) in [6, 6.07) is 7.56. The molecule has 4 nitrogen and oxygen atoms in total. The van der Waals surface area contributed by atoms with Crippen molar-refractivity contribution in [1.29, 1.82) is 0 Å². The Balaban J connectivity index is 2.06. The van der Waals surface area contributed by atoms with Gasteiger partial charge in [0.2, 0.25) is 5.91 Å². The van der Waals surface area contributed by atoms with Gasteiger partial charge in [-0.1, -0.05) is 12.1 Å². The van der Waals surface area contributed by atoms with E-state index >= 15 is 0 Å². The molecule has 1 aromatic rings. The van der Waals surface area contributed by atoms with Crippen molar-refractivity contribution in [2.45, 2.75) is 19.0 Å². The highest BCUT2D eigenvalue weighted by Crippen LogP contribution is 2.15. The number of carbonyl (C=O) groups is 1. The van der Waals surface area contributed by atoms with Crippen LogP contribution in [0, 0.1) is 0 Å². The van der Waals surface area contributed by atoms with Crippen LogP contribution in [0.5, 0.6) is 0 Å². The van der Waals surface area contributed by atoms with Crippen molar-refractivity contribution in [2.24, 2.45) is 5.73 Å². The molecule has 1 amide bonds. The number of hydrogen-bond acceptors (Lipinski definition) is 3. The zero-order valence-electron chi connectivity index (χ0n) is 8.52. The van der Waals surface area contributed by atoms with Crippen LogP contribution >= 0.6 is 0 Å². The molecule has 0 saturated carbocycles. The number of rotatable bonds is 2. The van der Waals surface area contributed by atoms with Crippen molar-refractivity contribution in [3.8, 4) is 0 Å². The van der Waals surface area contributed by atoms with E-state index < -0.39 is 0 Å². The van der Waals surface area contributed by atoms with E-state index in [-0.39, 0.29) is 11.9 Å². The standard InChI is InChI=1S/C11H15N3O/c12-9-3-1-2-8(4-9)6-14-7-10(13)5-11(14)15/h1-4,10H,5-7,12-13H2. The second kappa shape index (κ2) is 3.90. The van der Waals surface area contributed by atoms with Crippen LogP contribution in [0.15, 0.2) is 24.3 Å². The topological polar surface area (TPSA) is 72.3 Å². The zero-order chi connectivity index (χ0) is 10.8. The van der Waals surface area contributed by atoms with Gasteiger partial charge in [0.15, 0.2) is 0 Å². The van der Waals surface area contributed by atoms with E-state index in [1.807, 2.05) is 24.3 Å². The number of nitrogens with zero attached hydrogens (tertiary/aromatic N) is 1. The van der Waals surface area contributed by atoms with Crippen LogP contribution in [-0.2, 0) is 11.3 Å². The van der Waals surface area contributed by atoms with Gasteiger partial charge in [-0.15, -0.1) is 0 Å². The van der Waals surface area contributed by atoms with Gasteiger partial charge in [0.25, 0.3) is 0 Å². The first-order chi connectivity index (χ1) is 7.15. The van der Waals surface area contributed by atoms with Gasteiger partial charge in [-0.05, 0) is 17.7 Å². The van der Waals surface area contributed by atoms with E-state index in [0.717, 1.165) is 11.3 Å². The van der Waals surface area contributed by atoms with E-state index in [2.05, 4.69) is 0 Å². The van der Waals surface area contributed by atoms with Gasteiger partial charge in [-0.3, -0.25) is 4.79 Å². The number of benzene rings is 1. The Morgan fingerprint density at radius 3 is 2.87 bits per heavy atom. The Bertz CT molecular complexity index is 378. The number of nitrogen functional groups attached to an aromatic ring is 1. The predicted molar refractivity (Wildman–Crippen MR) is 58.9 cm³/mol. The lowest BCUT2D eigenvalue weighted by molar-refractivity contribution is -0.128. The molecule has 1 atom stereocenters. The summed E-state index contributed by atoms with van der Waals surface area (Å²) < 4.78 is 0. The summed E-state index contributed by atoms with van der Waals surface area (Å²) in [6.45, 7) is 1.26. The van der Waals surface area contributed by atoms with Gasteiger partial charge in [0, 0.05) is 31.2 Å². The van der Waals surface area contributed by atoms with Crippen LogP contribution in [0.1, 0.15) is 12.0 Å². The number of hydrogen-bond donors (Lipinski definition) is 2. The average molecular weight is 205 g/mol. The fraction of sp³-hybridized carbons (Fsp3) is 0.364. The molecule has 0 aliphatic carbocycles. The van der Waals surface area contributed by atoms with Crippen molar-refractivity contribution < 1.29 is 4.79 Å². The van der Waals surface area contributed by atoms with Crippen LogP contribution < -0.4 is 11.5 Å². The SMILES string of the molecule is Nc1cccc(CN2CC(N)CC2=O)c1. The molecular weight excluding hydrogens is 190 g/mol. The third kappa shape index (κ3) is 2.27. The lowest BCUT2D eigenvalue weighted by Crippen LogP contribution is -2.27. The van der Waals surface area contributed by atoms with Crippen molar-refractivity contribution >= 4 is 11.6 Å². The average Bonchev–Trinajstić information content (AvgIpc) is 2.45. The zero-order valence-corrected chi connectivity index (χ0v) is 8.52. The predicted octanol–water partition coefficient (Wildman–Crippen LogP) is 0.328. The van der Waals surface area contributed by atoms with Gasteiger partial charge < -0.3 is 16.4 Å². The molecule has 15 heavy (non-hydrogen) atoms. The number of amides is 1. The minimum Gasteiger partial charge on any atom is -0.399 e. The number of nitrogens with two attached hydrogens (primary N) is 2. The van der Waals surface area contributed by atoms with Crippen molar-refractivity contribution in [3.63, 3.8) is 0 Å². The highest BCUT2D eigenvalue weighted by Gasteiger charge is 2.26. The van der Waals surface area contributed by atoms with Gasteiger partial charge in [-0.2, -0.15) is 0 Å². The molecule has 0 spiro atoms. The van der Waals surface area contributed by atoms with Crippen molar-refractivity contribution in [1.82, 2.24) is 4.90 Å². The van der Waals surface area contributed by atoms with Crippen molar-refractivity contribution in [2.75, 3.05) is 12.3 Å². The molecule has 4 N–H and O–H groups in total. The summed E-state index contributed by atoms with van der Waals surface area (Å²) in [7, 11) is 0. The third-order valence-corrected chi connectivity index (χ3v) is 2.57. The molecular formula is C11H15N3O. The fourth-order valence-electron chi connectivity index (χ4n) is 1.87. The van der Waals surface area contributed by atoms with Crippen LogP contribution in [0.25, 0.3) is 0 Å². The third-order valence-electron chi connectivity index (χ3n) is 2.57. The summed E-state index contributed by atoms with van der Waals surface area (Å²) in [5.41, 5.74) is 13.2. The second-order valence-corrected chi connectivity index (χ2v) is 3.98. The minimum absolute atomic E-state index is 0.0152. The number of anilines is 1. The van der Waals surface area contributed by atoms with Crippen LogP contribution in [0.4, 0.5) is 5.69 Å². The summed E-state index contributed by atoms with van der Waals surface area (Å²) >= 11 is 0. The first kappa shape index (κ1) is 9.98. The number of carbonyl (C=O) groups excluding carboxylic acids is 1. The molecule has 4 heteroatoms. The molecule has 2 rings (SSSR count). The molecule has 1 fully saturated rings. The Morgan fingerprint density at radius 2 is 2.27 bits per heavy atom. The molecule has 1 heterocycles. The Labute approximate surface area is 88.9 Å². The molecule has 1 aliphatic heterocycles. The van der Waals surface area contributed by atoms with Crippen LogP contribution in [0.3, 0.4) is 0 Å². The first-order valence-electron chi connectivity index (χ1n) is 5.03. The molecule has 0 bridgehead atoms. The number of likely N-dealkylation sites (tertiary alicyclic amines) is 1. The second-order valence-electron chi connectivity index (χ2n) is 3.98. The maximum Gasteiger partial charge on any atom is 0.224 e. The lowest BCUT2D eigenvalue weighted by atomic mass is 10.2. The molecule has 80 valence electrons. The maximum absolute atomic E-state index is 11.5. The summed E-state index contributed by atoms with van der Waals surface area (Å²) in [5.74, 6) is 0.130. The minimum atomic E-state index is -0.0152. The quantitative estimate of drug-likeness (QED) is 0.683.